The Bertz CT molecular complexity index is 909. The number of halogens is 1. The van der Waals surface area contributed by atoms with Crippen molar-refractivity contribution in [3.05, 3.63) is 59.4 Å². The first kappa shape index (κ1) is 38.5. The molecular weight excluding hydrogens is 484 g/mol. The van der Waals surface area contributed by atoms with E-state index in [1.807, 2.05) is 51.8 Å². The van der Waals surface area contributed by atoms with E-state index in [1.165, 1.54) is 11.8 Å². The molecule has 1 aromatic carbocycles. The van der Waals surface area contributed by atoms with E-state index in [9.17, 15) is 9.18 Å². The number of fused-ring (bicyclic) bond motifs is 1. The third-order valence-electron chi connectivity index (χ3n) is 4.70. The summed E-state index contributed by atoms with van der Waals surface area (Å²) in [5.74, 6) is 1.68. The molecule has 1 unspecified atom stereocenters. The van der Waals surface area contributed by atoms with Crippen LogP contribution in [0, 0.1) is 18.3 Å². The van der Waals surface area contributed by atoms with Gasteiger partial charge in [0.25, 0.3) is 0 Å². The molecule has 2 rings (SSSR count). The van der Waals surface area contributed by atoms with Crippen molar-refractivity contribution in [3.63, 3.8) is 0 Å². The van der Waals surface area contributed by atoms with Crippen LogP contribution in [0.25, 0.3) is 5.57 Å². The number of nitrogens with one attached hydrogen (secondary N) is 2. The van der Waals surface area contributed by atoms with Crippen molar-refractivity contribution >= 4 is 38.7 Å². The third kappa shape index (κ3) is 15.6. The zero-order valence-electron chi connectivity index (χ0n) is 23.7. The number of hydrogen-bond acceptors (Lipinski definition) is 5. The molecule has 2 atom stereocenters. The van der Waals surface area contributed by atoms with E-state index < -0.39 is 5.83 Å². The van der Waals surface area contributed by atoms with Crippen LogP contribution in [-0.2, 0) is 11.2 Å². The lowest BCUT2D eigenvalue weighted by Gasteiger charge is -2.34. The Morgan fingerprint density at radius 3 is 2.38 bits per heavy atom. The fraction of sp³-hybridized carbons (Fsp3) is 0.414. The van der Waals surface area contributed by atoms with E-state index >= 15 is 0 Å². The number of carbonyl (C=O) groups excluding carboxylic acids is 1. The van der Waals surface area contributed by atoms with Gasteiger partial charge in [0.1, 0.15) is 11.6 Å². The van der Waals surface area contributed by atoms with Gasteiger partial charge in [-0.25, -0.2) is 9.38 Å². The first-order valence-electron chi connectivity index (χ1n) is 12.4. The van der Waals surface area contributed by atoms with Crippen LogP contribution >= 0.6 is 8.58 Å². The number of nitrogens with zero attached hydrogens (tertiary/aromatic N) is 2. The molecule has 6 nitrogen and oxygen atoms in total. The molecular formula is C29H47FN5OP. The first-order chi connectivity index (χ1) is 17.7. The second-order valence-corrected chi connectivity index (χ2v) is 8.29. The second-order valence-electron chi connectivity index (χ2n) is 7.10. The smallest absolute Gasteiger partial charge is 0.224 e. The minimum Gasteiger partial charge on any atom is -0.384 e. The molecule has 1 amide bonds. The molecule has 4 N–H and O–H groups in total. The number of anilines is 1. The van der Waals surface area contributed by atoms with Crippen molar-refractivity contribution in [1.29, 1.82) is 5.41 Å². The van der Waals surface area contributed by atoms with E-state index in [2.05, 4.69) is 55.3 Å². The van der Waals surface area contributed by atoms with Crippen molar-refractivity contribution < 1.29 is 9.18 Å². The first-order valence-corrected chi connectivity index (χ1v) is 13.7. The summed E-state index contributed by atoms with van der Waals surface area (Å²) in [5.41, 5.74) is 9.29. The highest BCUT2D eigenvalue weighted by Gasteiger charge is 2.26. The highest BCUT2D eigenvalue weighted by Crippen LogP contribution is 2.33. The van der Waals surface area contributed by atoms with Crippen LogP contribution in [0.2, 0.25) is 0 Å². The molecule has 0 saturated carbocycles. The molecule has 1 aromatic rings. The number of aryl methyl sites for hydroxylation is 1. The van der Waals surface area contributed by atoms with Gasteiger partial charge >= 0.3 is 0 Å². The van der Waals surface area contributed by atoms with E-state index in [0.29, 0.717) is 8.58 Å². The maximum Gasteiger partial charge on any atom is 0.224 e. The topological polar surface area (TPSA) is 94.6 Å². The zero-order valence-corrected chi connectivity index (χ0v) is 24.7. The van der Waals surface area contributed by atoms with E-state index in [1.54, 1.807) is 6.92 Å². The summed E-state index contributed by atoms with van der Waals surface area (Å²) in [6.45, 7) is 18.7. The fourth-order valence-electron chi connectivity index (χ4n) is 3.20. The Kier molecular flexibility index (Phi) is 25.6. The third-order valence-corrected chi connectivity index (χ3v) is 5.76. The quantitative estimate of drug-likeness (QED) is 0.117. The van der Waals surface area contributed by atoms with Gasteiger partial charge in [0.15, 0.2) is 0 Å². The summed E-state index contributed by atoms with van der Waals surface area (Å²) in [6, 6.07) is 6.48. The SMILES string of the molecule is C#C.C=N/C(N)=C\C(=C)F.CC.CC.CNCCP/C=C(\C=N)c1ccc2c(c1)CC[C@H](C)N2C(C)=O. The molecule has 8 heteroatoms. The molecule has 0 radical (unpaired) electrons. The Hall–Kier alpha value is -3.07. The number of benzene rings is 1. The van der Waals surface area contributed by atoms with Crippen LogP contribution in [0.4, 0.5) is 10.1 Å². The average Bonchev–Trinajstić information content (AvgIpc) is 2.91. The number of nitrogens with two attached hydrogens (primary N) is 1. The maximum atomic E-state index is 11.9. The Morgan fingerprint density at radius 1 is 1.35 bits per heavy atom. The molecule has 0 fully saturated rings. The lowest BCUT2D eigenvalue weighted by atomic mass is 9.93. The number of amides is 1. The number of allylic oxidation sites excluding steroid dienone is 3. The van der Waals surface area contributed by atoms with Crippen molar-refractivity contribution in [2.24, 2.45) is 10.7 Å². The number of carbonyl (C=O) groups is 1. The van der Waals surface area contributed by atoms with E-state index in [-0.39, 0.29) is 17.8 Å². The van der Waals surface area contributed by atoms with Crippen LogP contribution in [0.15, 0.2) is 53.3 Å². The summed E-state index contributed by atoms with van der Waals surface area (Å²) in [5, 5.41) is 10.8. The number of rotatable bonds is 8. The van der Waals surface area contributed by atoms with Gasteiger partial charge in [-0.15, -0.1) is 12.8 Å². The Morgan fingerprint density at radius 2 is 1.95 bits per heavy atom. The highest BCUT2D eigenvalue weighted by atomic mass is 31.1. The van der Waals surface area contributed by atoms with E-state index in [4.69, 9.17) is 11.1 Å². The van der Waals surface area contributed by atoms with Crippen molar-refractivity contribution in [1.82, 2.24) is 5.32 Å². The molecule has 37 heavy (non-hydrogen) atoms. The van der Waals surface area contributed by atoms with Crippen LogP contribution in [0.3, 0.4) is 0 Å². The summed E-state index contributed by atoms with van der Waals surface area (Å²) in [7, 11) is 2.66. The monoisotopic (exact) mass is 531 g/mol. The second kappa shape index (κ2) is 24.6. The zero-order chi connectivity index (χ0) is 29.4. The minimum absolute atomic E-state index is 0.0394. The normalized spacial score (nSPS) is 14.1. The molecule has 0 aliphatic carbocycles. The Balaban J connectivity index is -0.000000694. The molecule has 206 valence electrons. The molecule has 0 saturated heterocycles. The van der Waals surface area contributed by atoms with Gasteiger partial charge in [-0.3, -0.25) is 4.79 Å². The Labute approximate surface area is 226 Å². The molecule has 1 aliphatic rings. The molecule has 0 spiro atoms. The van der Waals surface area contributed by atoms with Gasteiger partial charge in [-0.05, 0) is 75.1 Å². The number of terminal acetylenes is 1. The fourth-order valence-corrected chi connectivity index (χ4v) is 4.21. The highest BCUT2D eigenvalue weighted by molar-refractivity contribution is 7.42. The van der Waals surface area contributed by atoms with Crippen LogP contribution in [0.5, 0.6) is 0 Å². The van der Waals surface area contributed by atoms with Crippen molar-refractivity contribution in [3.8, 4) is 12.8 Å². The lowest BCUT2D eigenvalue weighted by molar-refractivity contribution is -0.117. The summed E-state index contributed by atoms with van der Waals surface area (Å²) >= 11 is 0. The molecule has 0 bridgehead atoms. The molecule has 1 heterocycles. The van der Waals surface area contributed by atoms with Crippen molar-refractivity contribution in [2.45, 2.75) is 60.4 Å². The van der Waals surface area contributed by atoms with Gasteiger partial charge < -0.3 is 21.4 Å². The van der Waals surface area contributed by atoms with Gasteiger partial charge in [-0.2, -0.15) is 0 Å². The number of hydrogen-bond donors (Lipinski definition) is 3. The predicted octanol–water partition coefficient (Wildman–Crippen LogP) is 6.53. The largest absolute Gasteiger partial charge is 0.384 e. The van der Waals surface area contributed by atoms with Gasteiger partial charge in [0.05, 0.1) is 0 Å². The summed E-state index contributed by atoms with van der Waals surface area (Å²) < 4.78 is 11.7. The molecule has 1 aliphatic heterocycles. The lowest BCUT2D eigenvalue weighted by Crippen LogP contribution is -2.40. The van der Waals surface area contributed by atoms with Crippen LogP contribution < -0.4 is 16.0 Å². The molecule has 0 aromatic heterocycles. The van der Waals surface area contributed by atoms with Gasteiger partial charge in [-0.1, -0.05) is 54.7 Å². The average molecular weight is 532 g/mol. The predicted molar refractivity (Wildman–Crippen MR) is 166 cm³/mol. The van der Waals surface area contributed by atoms with Crippen LogP contribution in [-0.4, -0.2) is 44.6 Å². The van der Waals surface area contributed by atoms with Crippen LogP contribution in [0.1, 0.15) is 59.1 Å². The summed E-state index contributed by atoms with van der Waals surface area (Å²) in [4.78, 5) is 17.0. The van der Waals surface area contributed by atoms with E-state index in [0.717, 1.165) is 48.4 Å². The van der Waals surface area contributed by atoms with Gasteiger partial charge in [0, 0.05) is 30.9 Å². The standard InChI is InChI=1S/C18H26N3OP.C5H7FN2.2C2H6.C2H2/c1-13-4-5-16-10-15(6-7-18(16)21(13)14(2)22)17(11-19)12-23-9-8-20-3;1-4(6)3-5(7)8-2;3*1-2/h6-7,10-13,19-20,23H,4-5,8-9H2,1-3H3;3H,1-2,7H2;2*1-2H3;1-2H/b17-12+,19-11?;5-3-;;;/t13-;;;;/m0..../s1. The number of aliphatic imine (C=N–C) groups is 1. The minimum atomic E-state index is -0.616. The van der Waals surface area contributed by atoms with Crippen molar-refractivity contribution in [2.75, 3.05) is 24.7 Å². The summed E-state index contributed by atoms with van der Waals surface area (Å²) in [6.07, 6.45) is 13.5. The maximum absolute atomic E-state index is 11.9. The van der Waals surface area contributed by atoms with Gasteiger partial charge in [0.2, 0.25) is 5.91 Å².